The molecule has 0 unspecified atom stereocenters. The highest BCUT2D eigenvalue weighted by Crippen LogP contribution is 2.41. The second kappa shape index (κ2) is 7.06. The van der Waals surface area contributed by atoms with Crippen molar-refractivity contribution in [3.05, 3.63) is 16.8 Å². The topological polar surface area (TPSA) is 81.2 Å². The number of rotatable bonds is 3. The number of aryl methyl sites for hydroxylation is 1. The predicted molar refractivity (Wildman–Crippen MR) is 94.5 cm³/mol. The summed E-state index contributed by atoms with van der Waals surface area (Å²) in [6.45, 7) is 4.02. The number of carbonyl (C=O) groups is 2. The van der Waals surface area contributed by atoms with Gasteiger partial charge < -0.3 is 4.74 Å². The Bertz CT molecular complexity index is 790. The van der Waals surface area contributed by atoms with Gasteiger partial charge in [-0.2, -0.15) is 0 Å². The van der Waals surface area contributed by atoms with Gasteiger partial charge in [-0.25, -0.2) is 14.8 Å². The first-order chi connectivity index (χ1) is 11.5. The normalized spacial score (nSPS) is 18.0. The summed E-state index contributed by atoms with van der Waals surface area (Å²) in [5, 5.41) is 3.62. The van der Waals surface area contributed by atoms with Gasteiger partial charge >= 0.3 is 6.09 Å². The fraction of sp³-hybridized carbons (Fsp3) is 0.500. The first kappa shape index (κ1) is 17.2. The highest BCUT2D eigenvalue weighted by molar-refractivity contribution is 8.00. The van der Waals surface area contributed by atoms with Crippen LogP contribution in [0.4, 0.5) is 4.79 Å². The number of thiophene rings is 1. The number of fused-ring (bicyclic) bond motifs is 3. The summed E-state index contributed by atoms with van der Waals surface area (Å²) in [7, 11) is 1.23. The number of hydrogen-bond donors (Lipinski definition) is 1. The molecule has 2 aromatic rings. The quantitative estimate of drug-likeness (QED) is 0.665. The van der Waals surface area contributed by atoms with Crippen molar-refractivity contribution in [2.75, 3.05) is 7.11 Å². The Morgan fingerprint density at radius 1 is 1.46 bits per heavy atom. The van der Waals surface area contributed by atoms with Crippen LogP contribution < -0.4 is 5.32 Å². The van der Waals surface area contributed by atoms with Crippen LogP contribution in [-0.2, 0) is 22.4 Å². The summed E-state index contributed by atoms with van der Waals surface area (Å²) in [6.07, 6.45) is 4.07. The number of nitrogens with one attached hydrogen (secondary N) is 1. The number of imide groups is 1. The zero-order chi connectivity index (χ0) is 17.3. The van der Waals surface area contributed by atoms with E-state index in [1.54, 1.807) is 24.6 Å². The maximum Gasteiger partial charge on any atom is 0.413 e. The maximum atomic E-state index is 12.0. The van der Waals surface area contributed by atoms with E-state index in [4.69, 9.17) is 0 Å². The molecule has 2 atom stereocenters. The van der Waals surface area contributed by atoms with Gasteiger partial charge in [-0.15, -0.1) is 11.3 Å². The smallest absolute Gasteiger partial charge is 0.413 e. The van der Waals surface area contributed by atoms with E-state index < -0.39 is 17.3 Å². The number of hydrogen-bond acceptors (Lipinski definition) is 7. The minimum absolute atomic E-state index is 0.392. The summed E-state index contributed by atoms with van der Waals surface area (Å²) in [4.78, 5) is 34.4. The molecule has 3 rings (SSSR count). The van der Waals surface area contributed by atoms with Gasteiger partial charge in [-0.05, 0) is 37.7 Å². The molecule has 6 nitrogen and oxygen atoms in total. The molecule has 0 fully saturated rings. The lowest BCUT2D eigenvalue weighted by molar-refractivity contribution is -0.119. The molecule has 0 radical (unpaired) electrons. The molecule has 2 amide bonds. The van der Waals surface area contributed by atoms with E-state index in [9.17, 15) is 9.59 Å². The number of carbonyl (C=O) groups excluding carboxylic acids is 2. The van der Waals surface area contributed by atoms with Crippen LogP contribution in [0.15, 0.2) is 11.4 Å². The molecule has 0 spiro atoms. The monoisotopic (exact) mass is 365 g/mol. The lowest BCUT2D eigenvalue weighted by Crippen LogP contribution is -2.35. The van der Waals surface area contributed by atoms with Gasteiger partial charge in [0, 0.05) is 10.3 Å². The van der Waals surface area contributed by atoms with Crippen LogP contribution in [0, 0.1) is 5.92 Å². The molecular weight excluding hydrogens is 346 g/mol. The zero-order valence-electron chi connectivity index (χ0n) is 13.8. The maximum absolute atomic E-state index is 12.0. The van der Waals surface area contributed by atoms with Crippen LogP contribution in [0.2, 0.25) is 0 Å². The van der Waals surface area contributed by atoms with Crippen molar-refractivity contribution in [2.24, 2.45) is 5.92 Å². The van der Waals surface area contributed by atoms with Crippen molar-refractivity contribution in [3.63, 3.8) is 0 Å². The van der Waals surface area contributed by atoms with Crippen LogP contribution in [-0.4, -0.2) is 34.3 Å². The average Bonchev–Trinajstić information content (AvgIpc) is 2.92. The number of methoxy groups -OCH3 is 1. The first-order valence-electron chi connectivity index (χ1n) is 7.80. The van der Waals surface area contributed by atoms with E-state index >= 15 is 0 Å². The molecule has 2 heterocycles. The minimum atomic E-state index is -0.748. The summed E-state index contributed by atoms with van der Waals surface area (Å²) >= 11 is 3.08. The summed E-state index contributed by atoms with van der Waals surface area (Å²) < 4.78 is 4.46. The van der Waals surface area contributed by atoms with E-state index in [1.165, 1.54) is 29.3 Å². The number of nitrogens with zero attached hydrogens (tertiary/aromatic N) is 2. The fourth-order valence-electron chi connectivity index (χ4n) is 2.81. The Labute approximate surface area is 148 Å². The Morgan fingerprint density at radius 3 is 3.00 bits per heavy atom. The van der Waals surface area contributed by atoms with Gasteiger partial charge in [0.05, 0.1) is 12.4 Å². The minimum Gasteiger partial charge on any atom is -0.453 e. The number of alkyl carbamates (subject to hydrolysis) is 1. The Kier molecular flexibility index (Phi) is 5.05. The number of ether oxygens (including phenoxy) is 1. The van der Waals surface area contributed by atoms with Crippen molar-refractivity contribution in [1.29, 1.82) is 0 Å². The number of thioether (sulfide) groups is 1. The van der Waals surface area contributed by atoms with Crippen molar-refractivity contribution in [1.82, 2.24) is 15.3 Å². The molecular formula is C16H19N3O3S2. The summed E-state index contributed by atoms with van der Waals surface area (Å²) in [6, 6.07) is 0. The first-order valence-corrected chi connectivity index (χ1v) is 9.50. The van der Waals surface area contributed by atoms with E-state index in [0.29, 0.717) is 5.92 Å². The predicted octanol–water partition coefficient (Wildman–Crippen LogP) is 3.18. The van der Waals surface area contributed by atoms with Gasteiger partial charge in [0.15, 0.2) is 0 Å². The molecule has 1 aliphatic carbocycles. The lowest BCUT2D eigenvalue weighted by atomic mass is 9.89. The molecule has 1 N–H and O–H groups in total. The molecule has 0 aromatic carbocycles. The number of aromatic nitrogens is 2. The molecule has 8 heteroatoms. The van der Waals surface area contributed by atoms with Crippen molar-refractivity contribution in [3.8, 4) is 0 Å². The third-order valence-corrected chi connectivity index (χ3v) is 6.39. The molecule has 128 valence electrons. The largest absolute Gasteiger partial charge is 0.453 e. The Balaban J connectivity index is 1.87. The molecule has 0 saturated carbocycles. The highest BCUT2D eigenvalue weighted by atomic mass is 32.2. The highest BCUT2D eigenvalue weighted by Gasteiger charge is 2.25. The van der Waals surface area contributed by atoms with Crippen LogP contribution >= 0.6 is 23.1 Å². The van der Waals surface area contributed by atoms with Crippen LogP contribution in [0.5, 0.6) is 0 Å². The van der Waals surface area contributed by atoms with Gasteiger partial charge in [0.25, 0.3) is 0 Å². The molecule has 0 saturated heterocycles. The Hall–Kier alpha value is -1.67. The molecule has 24 heavy (non-hydrogen) atoms. The molecule has 1 aliphatic rings. The van der Waals surface area contributed by atoms with Crippen LogP contribution in [0.3, 0.4) is 0 Å². The summed E-state index contributed by atoms with van der Waals surface area (Å²) in [5.74, 6) is 0.302. The second-order valence-electron chi connectivity index (χ2n) is 5.95. The third kappa shape index (κ3) is 3.39. The SMILES string of the molecule is COC(=O)NC(=O)[C@@H](C)Sc1ncnc2sc3c(c12)CC[C@H](C)C3. The standard InChI is InChI=1S/C16H19N3O3S2/c1-8-4-5-10-11(6-8)24-15-12(10)14(17-7-18-15)23-9(2)13(20)19-16(21)22-3/h7-9H,4-6H2,1-3H3,(H,19,20,21)/t8-,9+/m0/s1. The van der Waals surface area contributed by atoms with Crippen molar-refractivity contribution >= 4 is 45.3 Å². The van der Waals surface area contributed by atoms with Gasteiger partial charge in [-0.1, -0.05) is 18.7 Å². The van der Waals surface area contributed by atoms with Crippen LogP contribution in [0.1, 0.15) is 30.7 Å². The molecule has 2 aromatic heterocycles. The Morgan fingerprint density at radius 2 is 2.25 bits per heavy atom. The van der Waals surface area contributed by atoms with Gasteiger partial charge in [0.2, 0.25) is 5.91 Å². The van der Waals surface area contributed by atoms with Gasteiger partial charge in [-0.3, -0.25) is 10.1 Å². The molecule has 0 aliphatic heterocycles. The van der Waals surface area contributed by atoms with Crippen molar-refractivity contribution < 1.29 is 14.3 Å². The second-order valence-corrected chi connectivity index (χ2v) is 8.36. The molecule has 0 bridgehead atoms. The summed E-state index contributed by atoms with van der Waals surface area (Å²) in [5.41, 5.74) is 1.33. The third-order valence-electron chi connectivity index (χ3n) is 4.13. The van der Waals surface area contributed by atoms with Gasteiger partial charge in [0.1, 0.15) is 16.2 Å². The average molecular weight is 365 g/mol. The lowest BCUT2D eigenvalue weighted by Gasteiger charge is -2.18. The van der Waals surface area contributed by atoms with E-state index in [-0.39, 0.29) is 0 Å². The van der Waals surface area contributed by atoms with Crippen molar-refractivity contribution in [2.45, 2.75) is 43.4 Å². The number of amides is 2. The fourth-order valence-corrected chi connectivity index (χ4v) is 5.17. The van der Waals surface area contributed by atoms with Crippen LogP contribution in [0.25, 0.3) is 10.2 Å². The van der Waals surface area contributed by atoms with E-state index in [0.717, 1.165) is 34.5 Å². The van der Waals surface area contributed by atoms with E-state index in [1.807, 2.05) is 0 Å². The zero-order valence-corrected chi connectivity index (χ0v) is 15.4. The van der Waals surface area contributed by atoms with E-state index in [2.05, 4.69) is 26.9 Å².